The van der Waals surface area contributed by atoms with E-state index in [0.29, 0.717) is 0 Å². The van der Waals surface area contributed by atoms with Crippen LogP contribution in [0, 0.1) is 6.92 Å². The smallest absolute Gasteiger partial charge is 0.191 e. The second-order valence-corrected chi connectivity index (χ2v) is 5.37. The summed E-state index contributed by atoms with van der Waals surface area (Å²) >= 11 is 0. The Balaban J connectivity index is 0.00000264. The van der Waals surface area contributed by atoms with Gasteiger partial charge in [-0.2, -0.15) is 0 Å². The summed E-state index contributed by atoms with van der Waals surface area (Å²) in [5.74, 6) is 0.858. The average molecular weight is 423 g/mol. The van der Waals surface area contributed by atoms with Crippen LogP contribution in [-0.2, 0) is 13.0 Å². The number of hydrogen-bond donors (Lipinski definition) is 2. The van der Waals surface area contributed by atoms with Crippen LogP contribution < -0.4 is 10.6 Å². The molecule has 0 saturated heterocycles. The van der Waals surface area contributed by atoms with Crippen LogP contribution in [0.3, 0.4) is 0 Å². The molecular formula is C19H26IN3. The van der Waals surface area contributed by atoms with E-state index in [9.17, 15) is 0 Å². The Labute approximate surface area is 156 Å². The molecule has 0 aliphatic carbocycles. The predicted molar refractivity (Wildman–Crippen MR) is 110 cm³/mol. The largest absolute Gasteiger partial charge is 0.356 e. The molecule has 0 aliphatic rings. The van der Waals surface area contributed by atoms with Crippen molar-refractivity contribution in [2.45, 2.75) is 26.3 Å². The van der Waals surface area contributed by atoms with E-state index in [1.807, 2.05) is 7.05 Å². The SMILES string of the molecule is CN=C(NCCCc1ccccc1)NCc1ccccc1C.I. The Morgan fingerprint density at radius 1 is 0.957 bits per heavy atom. The lowest BCUT2D eigenvalue weighted by atomic mass is 10.1. The lowest BCUT2D eigenvalue weighted by Gasteiger charge is -2.13. The molecule has 0 radical (unpaired) electrons. The van der Waals surface area contributed by atoms with Gasteiger partial charge in [0.15, 0.2) is 5.96 Å². The Bertz CT molecular complexity index is 597. The molecule has 0 aromatic heterocycles. The summed E-state index contributed by atoms with van der Waals surface area (Å²) in [5.41, 5.74) is 3.98. The van der Waals surface area contributed by atoms with Gasteiger partial charge in [0.1, 0.15) is 0 Å². The van der Waals surface area contributed by atoms with E-state index in [4.69, 9.17) is 0 Å². The van der Waals surface area contributed by atoms with Crippen molar-refractivity contribution in [2.75, 3.05) is 13.6 Å². The third kappa shape index (κ3) is 7.03. The van der Waals surface area contributed by atoms with Crippen molar-refractivity contribution in [3.05, 3.63) is 71.3 Å². The third-order valence-corrected chi connectivity index (χ3v) is 3.71. The minimum atomic E-state index is 0. The van der Waals surface area contributed by atoms with E-state index in [1.165, 1.54) is 16.7 Å². The first-order valence-corrected chi connectivity index (χ1v) is 7.82. The number of benzene rings is 2. The van der Waals surface area contributed by atoms with Crippen LogP contribution in [-0.4, -0.2) is 19.6 Å². The van der Waals surface area contributed by atoms with E-state index in [-0.39, 0.29) is 24.0 Å². The quantitative estimate of drug-likeness (QED) is 0.320. The number of hydrogen-bond acceptors (Lipinski definition) is 1. The van der Waals surface area contributed by atoms with E-state index >= 15 is 0 Å². The van der Waals surface area contributed by atoms with Gasteiger partial charge in [-0.3, -0.25) is 4.99 Å². The number of aliphatic imine (C=N–C) groups is 1. The average Bonchev–Trinajstić information content (AvgIpc) is 2.56. The summed E-state index contributed by atoms with van der Waals surface area (Å²) < 4.78 is 0. The standard InChI is InChI=1S/C19H25N3.HI/c1-16-9-6-7-13-18(16)15-22-19(20-2)21-14-8-12-17-10-4-3-5-11-17;/h3-7,9-11,13H,8,12,14-15H2,1-2H3,(H2,20,21,22);1H. The highest BCUT2D eigenvalue weighted by Crippen LogP contribution is 2.06. The topological polar surface area (TPSA) is 36.4 Å². The van der Waals surface area contributed by atoms with Gasteiger partial charge in [-0.1, -0.05) is 54.6 Å². The van der Waals surface area contributed by atoms with Gasteiger partial charge in [-0.05, 0) is 36.5 Å². The van der Waals surface area contributed by atoms with Crippen molar-refractivity contribution < 1.29 is 0 Å². The molecule has 23 heavy (non-hydrogen) atoms. The van der Waals surface area contributed by atoms with Gasteiger partial charge >= 0.3 is 0 Å². The lowest BCUT2D eigenvalue weighted by Crippen LogP contribution is -2.37. The second-order valence-electron chi connectivity index (χ2n) is 5.37. The van der Waals surface area contributed by atoms with Crippen LogP contribution >= 0.6 is 24.0 Å². The molecule has 2 N–H and O–H groups in total. The molecule has 0 bridgehead atoms. The summed E-state index contributed by atoms with van der Waals surface area (Å²) in [4.78, 5) is 4.27. The molecule has 0 unspecified atom stereocenters. The lowest BCUT2D eigenvalue weighted by molar-refractivity contribution is 0.741. The number of rotatable bonds is 6. The molecule has 0 spiro atoms. The molecule has 2 rings (SSSR count). The van der Waals surface area contributed by atoms with Gasteiger partial charge < -0.3 is 10.6 Å². The highest BCUT2D eigenvalue weighted by Gasteiger charge is 2.00. The minimum absolute atomic E-state index is 0. The van der Waals surface area contributed by atoms with Gasteiger partial charge in [0.2, 0.25) is 0 Å². The zero-order valence-corrected chi connectivity index (χ0v) is 16.2. The molecule has 0 fully saturated rings. The van der Waals surface area contributed by atoms with Gasteiger partial charge in [0.05, 0.1) is 0 Å². The first kappa shape index (κ1) is 19.5. The maximum Gasteiger partial charge on any atom is 0.191 e. The minimum Gasteiger partial charge on any atom is -0.356 e. The van der Waals surface area contributed by atoms with E-state index in [0.717, 1.165) is 31.9 Å². The molecule has 0 amide bonds. The van der Waals surface area contributed by atoms with Crippen molar-refractivity contribution in [3.63, 3.8) is 0 Å². The molecule has 0 aliphatic heterocycles. The molecule has 0 atom stereocenters. The van der Waals surface area contributed by atoms with Crippen molar-refractivity contribution in [1.82, 2.24) is 10.6 Å². The maximum absolute atomic E-state index is 4.27. The molecule has 4 heteroatoms. The first-order chi connectivity index (χ1) is 10.8. The van der Waals surface area contributed by atoms with Crippen LogP contribution in [0.15, 0.2) is 59.6 Å². The fraction of sp³-hybridized carbons (Fsp3) is 0.316. The normalized spacial score (nSPS) is 10.8. The highest BCUT2D eigenvalue weighted by atomic mass is 127. The summed E-state index contributed by atoms with van der Waals surface area (Å²) in [5, 5.41) is 6.73. The predicted octanol–water partition coefficient (Wildman–Crippen LogP) is 3.91. The number of aryl methyl sites for hydroxylation is 2. The summed E-state index contributed by atoms with van der Waals surface area (Å²) in [6, 6.07) is 19.0. The molecule has 0 heterocycles. The first-order valence-electron chi connectivity index (χ1n) is 7.82. The summed E-state index contributed by atoms with van der Waals surface area (Å²) in [6.07, 6.45) is 2.18. The van der Waals surface area contributed by atoms with Crippen LogP contribution in [0.5, 0.6) is 0 Å². The Hall–Kier alpha value is -1.56. The van der Waals surface area contributed by atoms with E-state index in [1.54, 1.807) is 0 Å². The molecule has 3 nitrogen and oxygen atoms in total. The fourth-order valence-electron chi connectivity index (χ4n) is 2.35. The Morgan fingerprint density at radius 3 is 2.35 bits per heavy atom. The number of halogens is 1. The number of nitrogens with zero attached hydrogens (tertiary/aromatic N) is 1. The highest BCUT2D eigenvalue weighted by molar-refractivity contribution is 14.0. The summed E-state index contributed by atoms with van der Waals surface area (Å²) in [6.45, 7) is 3.85. The zero-order chi connectivity index (χ0) is 15.6. The van der Waals surface area contributed by atoms with Crippen molar-refractivity contribution in [3.8, 4) is 0 Å². The van der Waals surface area contributed by atoms with Gasteiger partial charge in [-0.15, -0.1) is 24.0 Å². The van der Waals surface area contributed by atoms with Crippen LogP contribution in [0.2, 0.25) is 0 Å². The van der Waals surface area contributed by atoms with Crippen LogP contribution in [0.25, 0.3) is 0 Å². The zero-order valence-electron chi connectivity index (χ0n) is 13.9. The van der Waals surface area contributed by atoms with Gasteiger partial charge in [0.25, 0.3) is 0 Å². The van der Waals surface area contributed by atoms with Crippen molar-refractivity contribution in [1.29, 1.82) is 0 Å². The van der Waals surface area contributed by atoms with Gasteiger partial charge in [-0.25, -0.2) is 0 Å². The fourth-order valence-corrected chi connectivity index (χ4v) is 2.35. The molecule has 2 aromatic carbocycles. The maximum atomic E-state index is 4.27. The number of nitrogens with one attached hydrogen (secondary N) is 2. The van der Waals surface area contributed by atoms with E-state index < -0.39 is 0 Å². The summed E-state index contributed by atoms with van der Waals surface area (Å²) in [7, 11) is 1.81. The molecule has 124 valence electrons. The number of guanidine groups is 1. The molecule has 0 saturated carbocycles. The van der Waals surface area contributed by atoms with Gasteiger partial charge in [0, 0.05) is 20.1 Å². The van der Waals surface area contributed by atoms with Crippen LogP contribution in [0.1, 0.15) is 23.1 Å². The Kier molecular flexibility index (Phi) is 9.36. The van der Waals surface area contributed by atoms with E-state index in [2.05, 4.69) is 77.1 Å². The van der Waals surface area contributed by atoms with Crippen LogP contribution in [0.4, 0.5) is 0 Å². The molecular weight excluding hydrogens is 397 g/mol. The van der Waals surface area contributed by atoms with Crippen molar-refractivity contribution >= 4 is 29.9 Å². The Morgan fingerprint density at radius 2 is 1.65 bits per heavy atom. The second kappa shape index (κ2) is 11.0. The molecule has 2 aromatic rings. The third-order valence-electron chi connectivity index (χ3n) is 3.71. The van der Waals surface area contributed by atoms with Crippen molar-refractivity contribution in [2.24, 2.45) is 4.99 Å². The monoisotopic (exact) mass is 423 g/mol.